The van der Waals surface area contributed by atoms with Crippen LogP contribution in [0.15, 0.2) is 29.2 Å². The van der Waals surface area contributed by atoms with E-state index in [1.807, 2.05) is 4.90 Å². The lowest BCUT2D eigenvalue weighted by molar-refractivity contribution is -0.387. The van der Waals surface area contributed by atoms with Gasteiger partial charge in [0.1, 0.15) is 0 Å². The summed E-state index contributed by atoms with van der Waals surface area (Å²) in [5.74, 6) is -0.367. The lowest BCUT2D eigenvalue weighted by Gasteiger charge is -2.34. The van der Waals surface area contributed by atoms with Gasteiger partial charge in [0.05, 0.1) is 10.8 Å². The van der Waals surface area contributed by atoms with E-state index in [0.717, 1.165) is 38.8 Å². The van der Waals surface area contributed by atoms with E-state index in [1.165, 1.54) is 28.6 Å². The molecule has 0 saturated carbocycles. The highest BCUT2D eigenvalue weighted by molar-refractivity contribution is 7.89. The minimum Gasteiger partial charge on any atom is -0.342 e. The number of hydrogen-bond donors (Lipinski definition) is 0. The lowest BCUT2D eigenvalue weighted by Crippen LogP contribution is -2.47. The third-order valence-corrected chi connectivity index (χ3v) is 7.24. The molecule has 2 aliphatic rings. The molecule has 1 aromatic carbocycles. The molecule has 27 heavy (non-hydrogen) atoms. The van der Waals surface area contributed by atoms with Crippen LogP contribution in [0.1, 0.15) is 38.5 Å². The second kappa shape index (κ2) is 8.35. The lowest BCUT2D eigenvalue weighted by atomic mass is 9.98. The van der Waals surface area contributed by atoms with Gasteiger partial charge in [-0.1, -0.05) is 25.0 Å². The Kier molecular flexibility index (Phi) is 6.11. The third-order valence-electron chi connectivity index (χ3n) is 5.33. The van der Waals surface area contributed by atoms with E-state index in [1.54, 1.807) is 0 Å². The molecule has 0 radical (unpaired) electrons. The molecule has 0 N–H and O–H groups in total. The number of carbonyl (C=O) groups excluding carboxylic acids is 1. The van der Waals surface area contributed by atoms with Gasteiger partial charge < -0.3 is 4.90 Å². The van der Waals surface area contributed by atoms with Crippen LogP contribution in [0.25, 0.3) is 0 Å². The van der Waals surface area contributed by atoms with Crippen LogP contribution >= 0.6 is 0 Å². The first kappa shape index (κ1) is 19.8. The van der Waals surface area contributed by atoms with E-state index in [2.05, 4.69) is 0 Å². The molecule has 0 spiro atoms. The Morgan fingerprint density at radius 3 is 2.37 bits per heavy atom. The van der Waals surface area contributed by atoms with Crippen LogP contribution in [-0.2, 0) is 14.8 Å². The van der Waals surface area contributed by atoms with Crippen molar-refractivity contribution in [1.29, 1.82) is 0 Å². The molecule has 1 aromatic rings. The second-order valence-corrected chi connectivity index (χ2v) is 9.07. The second-order valence-electron chi connectivity index (χ2n) is 7.17. The van der Waals surface area contributed by atoms with Crippen molar-refractivity contribution in [2.45, 2.75) is 43.4 Å². The van der Waals surface area contributed by atoms with Crippen molar-refractivity contribution in [2.75, 3.05) is 26.2 Å². The highest BCUT2D eigenvalue weighted by Gasteiger charge is 2.37. The van der Waals surface area contributed by atoms with Crippen molar-refractivity contribution in [3.05, 3.63) is 34.4 Å². The molecule has 2 aliphatic heterocycles. The molecule has 8 nitrogen and oxygen atoms in total. The van der Waals surface area contributed by atoms with E-state index < -0.39 is 20.6 Å². The summed E-state index contributed by atoms with van der Waals surface area (Å²) >= 11 is 0. The van der Waals surface area contributed by atoms with Gasteiger partial charge >= 0.3 is 0 Å². The van der Waals surface area contributed by atoms with Crippen molar-refractivity contribution in [1.82, 2.24) is 9.21 Å². The predicted molar refractivity (Wildman–Crippen MR) is 99.6 cm³/mol. The largest absolute Gasteiger partial charge is 0.342 e. The molecule has 9 heteroatoms. The summed E-state index contributed by atoms with van der Waals surface area (Å²) in [6, 6.07) is 5.37. The zero-order valence-electron chi connectivity index (χ0n) is 15.2. The predicted octanol–water partition coefficient (Wildman–Crippen LogP) is 2.40. The number of benzene rings is 1. The molecule has 1 amide bonds. The fourth-order valence-electron chi connectivity index (χ4n) is 3.88. The Morgan fingerprint density at radius 1 is 1.04 bits per heavy atom. The number of nitrogens with zero attached hydrogens (tertiary/aromatic N) is 3. The van der Waals surface area contributed by atoms with E-state index in [4.69, 9.17) is 0 Å². The Bertz CT molecular complexity index is 803. The summed E-state index contributed by atoms with van der Waals surface area (Å²) in [5, 5.41) is 11.2. The zero-order valence-corrected chi connectivity index (χ0v) is 16.1. The monoisotopic (exact) mass is 395 g/mol. The molecular weight excluding hydrogens is 370 g/mol. The Morgan fingerprint density at radius 2 is 1.70 bits per heavy atom. The summed E-state index contributed by atoms with van der Waals surface area (Å²) in [6.07, 6.45) is 5.43. The minimum atomic E-state index is -4.02. The first-order chi connectivity index (χ1) is 12.9. The van der Waals surface area contributed by atoms with Crippen LogP contribution in [-0.4, -0.2) is 54.6 Å². The molecule has 148 valence electrons. The van der Waals surface area contributed by atoms with Gasteiger partial charge in [0.15, 0.2) is 4.90 Å². The summed E-state index contributed by atoms with van der Waals surface area (Å²) in [4.78, 5) is 25.0. The summed E-state index contributed by atoms with van der Waals surface area (Å²) in [6.45, 7) is 1.82. The molecule has 2 fully saturated rings. The molecule has 0 aromatic heterocycles. The van der Waals surface area contributed by atoms with Gasteiger partial charge in [-0.25, -0.2) is 8.42 Å². The third kappa shape index (κ3) is 4.30. The maximum atomic E-state index is 13.0. The molecule has 2 heterocycles. The fourth-order valence-corrected chi connectivity index (χ4v) is 5.56. The molecule has 0 aliphatic carbocycles. The van der Waals surface area contributed by atoms with E-state index in [-0.39, 0.29) is 29.8 Å². The van der Waals surface area contributed by atoms with E-state index in [0.29, 0.717) is 12.8 Å². The number of sulfonamides is 1. The van der Waals surface area contributed by atoms with Gasteiger partial charge in [0.25, 0.3) is 5.69 Å². The topological polar surface area (TPSA) is 101 Å². The molecule has 0 bridgehead atoms. The first-order valence-corrected chi connectivity index (χ1v) is 10.9. The van der Waals surface area contributed by atoms with Crippen LogP contribution in [0.5, 0.6) is 0 Å². The highest BCUT2D eigenvalue weighted by Crippen LogP contribution is 2.30. The van der Waals surface area contributed by atoms with Crippen LogP contribution in [0.3, 0.4) is 0 Å². The Balaban J connectivity index is 1.79. The zero-order chi connectivity index (χ0) is 19.4. The maximum Gasteiger partial charge on any atom is 0.289 e. The van der Waals surface area contributed by atoms with Crippen molar-refractivity contribution >= 4 is 21.6 Å². The molecule has 3 rings (SSSR count). The number of carbonyl (C=O) groups is 1. The normalized spacial score (nSPS) is 22.2. The smallest absolute Gasteiger partial charge is 0.289 e. The van der Waals surface area contributed by atoms with Gasteiger partial charge in [-0.2, -0.15) is 4.31 Å². The van der Waals surface area contributed by atoms with Gasteiger partial charge in [-0.15, -0.1) is 0 Å². The highest BCUT2D eigenvalue weighted by atomic mass is 32.2. The quantitative estimate of drug-likeness (QED) is 0.575. The number of para-hydroxylation sites is 1. The average Bonchev–Trinajstić information content (AvgIpc) is 2.97. The van der Waals surface area contributed by atoms with Gasteiger partial charge in [0.2, 0.25) is 15.9 Å². The van der Waals surface area contributed by atoms with Gasteiger partial charge in [0, 0.05) is 32.2 Å². The molecule has 2 saturated heterocycles. The standard InChI is InChI=1S/C18H25N3O5S/c22-18(19-11-5-1-2-6-12-19)15-8-7-13-20(14-15)27(25,26)17-10-4-3-9-16(17)21(23)24/h3-4,9-10,15H,1-2,5-8,11-14H2/t15-/m1/s1. The fraction of sp³-hybridized carbons (Fsp3) is 0.611. The number of amides is 1. The van der Waals surface area contributed by atoms with Crippen LogP contribution in [0, 0.1) is 16.0 Å². The Labute approximate surface area is 159 Å². The van der Waals surface area contributed by atoms with Crippen molar-refractivity contribution in [2.24, 2.45) is 5.92 Å². The van der Waals surface area contributed by atoms with Crippen molar-refractivity contribution in [3.8, 4) is 0 Å². The Hall–Kier alpha value is -2.00. The number of hydrogen-bond acceptors (Lipinski definition) is 5. The maximum absolute atomic E-state index is 13.0. The van der Waals surface area contributed by atoms with Gasteiger partial charge in [-0.3, -0.25) is 14.9 Å². The van der Waals surface area contributed by atoms with Crippen molar-refractivity contribution < 1.29 is 18.1 Å². The number of piperidine rings is 1. The first-order valence-electron chi connectivity index (χ1n) is 9.43. The minimum absolute atomic E-state index is 0.0133. The number of nitro groups is 1. The number of likely N-dealkylation sites (tertiary alicyclic amines) is 1. The number of nitro benzene ring substituents is 1. The van der Waals surface area contributed by atoms with E-state index >= 15 is 0 Å². The number of rotatable bonds is 4. The summed E-state index contributed by atoms with van der Waals surface area (Å²) in [5.41, 5.74) is -0.432. The van der Waals surface area contributed by atoms with Crippen molar-refractivity contribution in [3.63, 3.8) is 0 Å². The van der Waals surface area contributed by atoms with Crippen LogP contribution in [0.2, 0.25) is 0 Å². The SMILES string of the molecule is O=C([C@@H]1CCCN(S(=O)(=O)c2ccccc2[N+](=O)[O-])C1)N1CCCCCC1. The van der Waals surface area contributed by atoms with Crippen LogP contribution in [0.4, 0.5) is 5.69 Å². The molecule has 0 unspecified atom stereocenters. The summed E-state index contributed by atoms with van der Waals surface area (Å²) < 4.78 is 27.3. The van der Waals surface area contributed by atoms with E-state index in [9.17, 15) is 23.3 Å². The van der Waals surface area contributed by atoms with Gasteiger partial charge in [-0.05, 0) is 31.7 Å². The average molecular weight is 395 g/mol. The molecule has 1 atom stereocenters. The van der Waals surface area contributed by atoms with Crippen LogP contribution < -0.4 is 0 Å². The molecular formula is C18H25N3O5S. The summed E-state index contributed by atoms with van der Waals surface area (Å²) in [7, 11) is -4.02.